The van der Waals surface area contributed by atoms with Crippen LogP contribution in [0.2, 0.25) is 0 Å². The molecule has 0 aliphatic heterocycles. The lowest BCUT2D eigenvalue weighted by Gasteiger charge is -2.26. The fraction of sp³-hybridized carbons (Fsp3) is 0.562. The highest BCUT2D eigenvalue weighted by molar-refractivity contribution is 7.94. The molecule has 3 nitrogen and oxygen atoms in total. The molecule has 1 aromatic rings. The molecule has 110 valence electrons. The summed E-state index contributed by atoms with van der Waals surface area (Å²) in [6, 6.07) is 8.37. The van der Waals surface area contributed by atoms with Gasteiger partial charge in [0.2, 0.25) is 5.91 Å². The Labute approximate surface area is 125 Å². The summed E-state index contributed by atoms with van der Waals surface area (Å²) >= 11 is 1.46. The summed E-state index contributed by atoms with van der Waals surface area (Å²) in [5, 5.41) is 2.74. The van der Waals surface area contributed by atoms with E-state index in [1.165, 1.54) is 17.6 Å². The number of hydrogen-bond donors (Lipinski definition) is 1. The molecule has 0 atom stereocenters. The second kappa shape index (κ2) is 7.70. The minimum Gasteiger partial charge on any atom is -0.359 e. The van der Waals surface area contributed by atoms with E-state index in [-0.39, 0.29) is 11.8 Å². The molecule has 20 heavy (non-hydrogen) atoms. The SMILES string of the molecule is CNC(=O)C1CCC(COSc2ccc(C)cc2)CC1. The summed E-state index contributed by atoms with van der Waals surface area (Å²) < 4.78 is 5.74. The number of rotatable bonds is 5. The normalized spacial score (nSPS) is 22.5. The van der Waals surface area contributed by atoms with Crippen molar-refractivity contribution in [2.24, 2.45) is 11.8 Å². The fourth-order valence-electron chi connectivity index (χ4n) is 2.59. The largest absolute Gasteiger partial charge is 0.359 e. The number of carbonyl (C=O) groups is 1. The summed E-state index contributed by atoms with van der Waals surface area (Å²) in [5.74, 6) is 0.994. The zero-order valence-corrected chi connectivity index (χ0v) is 13.0. The predicted octanol–water partition coefficient (Wildman–Crippen LogP) is 3.57. The summed E-state index contributed by atoms with van der Waals surface area (Å²) in [4.78, 5) is 12.7. The van der Waals surface area contributed by atoms with Gasteiger partial charge in [0.25, 0.3) is 0 Å². The van der Waals surface area contributed by atoms with Crippen molar-refractivity contribution in [3.8, 4) is 0 Å². The van der Waals surface area contributed by atoms with Gasteiger partial charge in [-0.2, -0.15) is 0 Å². The summed E-state index contributed by atoms with van der Waals surface area (Å²) in [5.41, 5.74) is 1.27. The van der Waals surface area contributed by atoms with E-state index in [1.807, 2.05) is 0 Å². The van der Waals surface area contributed by atoms with E-state index < -0.39 is 0 Å². The third-order valence-corrected chi connectivity index (χ3v) is 4.66. The number of aryl methyl sites for hydroxylation is 1. The molecule has 0 bridgehead atoms. The second-order valence-electron chi connectivity index (χ2n) is 5.51. The Bertz CT molecular complexity index is 425. The van der Waals surface area contributed by atoms with Gasteiger partial charge < -0.3 is 9.50 Å². The van der Waals surface area contributed by atoms with Crippen molar-refractivity contribution in [2.75, 3.05) is 13.7 Å². The zero-order chi connectivity index (χ0) is 14.4. The van der Waals surface area contributed by atoms with Crippen LogP contribution in [0.4, 0.5) is 0 Å². The van der Waals surface area contributed by atoms with Crippen LogP contribution in [0.25, 0.3) is 0 Å². The molecule has 1 aromatic carbocycles. The van der Waals surface area contributed by atoms with Gasteiger partial charge in [-0.25, -0.2) is 0 Å². The maximum absolute atomic E-state index is 11.6. The van der Waals surface area contributed by atoms with Crippen molar-refractivity contribution in [3.05, 3.63) is 29.8 Å². The first-order valence-electron chi connectivity index (χ1n) is 7.26. The Morgan fingerprint density at radius 3 is 2.50 bits per heavy atom. The van der Waals surface area contributed by atoms with Gasteiger partial charge in [-0.3, -0.25) is 4.79 Å². The third kappa shape index (κ3) is 4.53. The molecule has 0 saturated heterocycles. The Morgan fingerprint density at radius 2 is 1.90 bits per heavy atom. The number of nitrogens with one attached hydrogen (secondary N) is 1. The van der Waals surface area contributed by atoms with Crippen LogP contribution in [0.5, 0.6) is 0 Å². The fourth-order valence-corrected chi connectivity index (χ4v) is 3.23. The van der Waals surface area contributed by atoms with Crippen molar-refractivity contribution in [1.82, 2.24) is 5.32 Å². The van der Waals surface area contributed by atoms with Crippen LogP contribution in [0.1, 0.15) is 31.2 Å². The molecular formula is C16H23NO2S. The molecule has 1 amide bonds. The molecule has 1 aliphatic rings. The number of benzene rings is 1. The van der Waals surface area contributed by atoms with Crippen LogP contribution in [-0.4, -0.2) is 19.6 Å². The first-order chi connectivity index (χ1) is 9.69. The lowest BCUT2D eigenvalue weighted by Crippen LogP contribution is -2.31. The number of carbonyl (C=O) groups excluding carboxylic acids is 1. The van der Waals surface area contributed by atoms with Crippen molar-refractivity contribution >= 4 is 17.9 Å². The number of amides is 1. The monoisotopic (exact) mass is 293 g/mol. The van der Waals surface area contributed by atoms with E-state index in [4.69, 9.17) is 4.18 Å². The Balaban J connectivity index is 1.66. The average Bonchev–Trinajstić information content (AvgIpc) is 2.49. The average molecular weight is 293 g/mol. The van der Waals surface area contributed by atoms with Gasteiger partial charge in [0.15, 0.2) is 0 Å². The molecule has 1 saturated carbocycles. The molecule has 1 aliphatic carbocycles. The number of hydrogen-bond acceptors (Lipinski definition) is 3. The van der Waals surface area contributed by atoms with Crippen LogP contribution in [0, 0.1) is 18.8 Å². The summed E-state index contributed by atoms with van der Waals surface area (Å²) in [6.45, 7) is 2.86. The maximum atomic E-state index is 11.6. The molecule has 0 heterocycles. The van der Waals surface area contributed by atoms with Gasteiger partial charge in [0, 0.05) is 29.9 Å². The van der Waals surface area contributed by atoms with Crippen LogP contribution in [-0.2, 0) is 8.98 Å². The predicted molar refractivity (Wildman–Crippen MR) is 82.5 cm³/mol. The van der Waals surface area contributed by atoms with Gasteiger partial charge in [0.05, 0.1) is 6.61 Å². The van der Waals surface area contributed by atoms with Gasteiger partial charge in [-0.15, -0.1) is 0 Å². The quantitative estimate of drug-likeness (QED) is 0.843. The van der Waals surface area contributed by atoms with Gasteiger partial charge in [-0.1, -0.05) is 17.7 Å². The van der Waals surface area contributed by atoms with Crippen LogP contribution >= 0.6 is 12.0 Å². The van der Waals surface area contributed by atoms with Crippen molar-refractivity contribution < 1.29 is 8.98 Å². The highest BCUT2D eigenvalue weighted by Gasteiger charge is 2.25. The molecule has 2 rings (SSSR count). The molecule has 4 heteroatoms. The Morgan fingerprint density at radius 1 is 1.25 bits per heavy atom. The molecule has 0 unspecified atom stereocenters. The van der Waals surface area contributed by atoms with E-state index >= 15 is 0 Å². The smallest absolute Gasteiger partial charge is 0.222 e. The molecule has 0 radical (unpaired) electrons. The van der Waals surface area contributed by atoms with Gasteiger partial charge in [0.1, 0.15) is 0 Å². The van der Waals surface area contributed by atoms with Crippen LogP contribution in [0.15, 0.2) is 29.2 Å². The molecular weight excluding hydrogens is 270 g/mol. The lowest BCUT2D eigenvalue weighted by molar-refractivity contribution is -0.125. The topological polar surface area (TPSA) is 38.3 Å². The van der Waals surface area contributed by atoms with Crippen molar-refractivity contribution in [3.63, 3.8) is 0 Å². The van der Waals surface area contributed by atoms with Crippen LogP contribution in [0.3, 0.4) is 0 Å². The standard InChI is InChI=1S/C16H23NO2S/c1-12-3-9-15(10-4-12)20-19-11-13-5-7-14(8-6-13)16(18)17-2/h3-4,9-10,13-14H,5-8,11H2,1-2H3,(H,17,18). The first-order valence-corrected chi connectivity index (χ1v) is 8.01. The lowest BCUT2D eigenvalue weighted by atomic mass is 9.82. The van der Waals surface area contributed by atoms with E-state index in [2.05, 4.69) is 36.5 Å². The Hall–Kier alpha value is -1.00. The third-order valence-electron chi connectivity index (χ3n) is 3.94. The van der Waals surface area contributed by atoms with Crippen molar-refractivity contribution in [1.29, 1.82) is 0 Å². The van der Waals surface area contributed by atoms with E-state index in [1.54, 1.807) is 7.05 Å². The highest BCUT2D eigenvalue weighted by atomic mass is 32.2. The zero-order valence-electron chi connectivity index (χ0n) is 12.2. The summed E-state index contributed by atoms with van der Waals surface area (Å²) in [6.07, 6.45) is 4.16. The summed E-state index contributed by atoms with van der Waals surface area (Å²) in [7, 11) is 1.72. The van der Waals surface area contributed by atoms with Crippen molar-refractivity contribution in [2.45, 2.75) is 37.5 Å². The molecule has 0 spiro atoms. The van der Waals surface area contributed by atoms with Gasteiger partial charge in [-0.05, 0) is 50.7 Å². The Kier molecular flexibility index (Phi) is 5.92. The molecule has 0 aromatic heterocycles. The molecule has 1 fully saturated rings. The molecule has 1 N–H and O–H groups in total. The minimum absolute atomic E-state index is 0.193. The van der Waals surface area contributed by atoms with E-state index in [0.29, 0.717) is 5.92 Å². The van der Waals surface area contributed by atoms with Gasteiger partial charge >= 0.3 is 0 Å². The van der Waals surface area contributed by atoms with E-state index in [0.717, 1.165) is 37.2 Å². The van der Waals surface area contributed by atoms with E-state index in [9.17, 15) is 4.79 Å². The first kappa shape index (κ1) is 15.4. The second-order valence-corrected chi connectivity index (χ2v) is 6.39. The van der Waals surface area contributed by atoms with Crippen LogP contribution < -0.4 is 5.32 Å². The minimum atomic E-state index is 0.193. The maximum Gasteiger partial charge on any atom is 0.222 e. The highest BCUT2D eigenvalue weighted by Crippen LogP contribution is 2.30.